The van der Waals surface area contributed by atoms with Crippen LogP contribution in [0.5, 0.6) is 0 Å². The van der Waals surface area contributed by atoms with E-state index in [1.807, 2.05) is 36.6 Å². The van der Waals surface area contributed by atoms with Crippen LogP contribution in [0.3, 0.4) is 0 Å². The molecule has 0 spiro atoms. The standard InChI is InChI=1S/C20H15F2N5O/c1-11(2)19-25-24-16-6-3-12(10-27(16)19)18-17(23-20-26(18)7-8-28-20)14-5-4-13(21)9-15(14)22/h3-11H,1-2H3. The number of benzene rings is 1. The summed E-state index contributed by atoms with van der Waals surface area (Å²) in [6.07, 6.45) is 5.11. The van der Waals surface area contributed by atoms with Crippen molar-refractivity contribution in [1.82, 2.24) is 24.0 Å². The summed E-state index contributed by atoms with van der Waals surface area (Å²) < 4.78 is 36.9. The highest BCUT2D eigenvalue weighted by atomic mass is 19.1. The normalized spacial score (nSPS) is 11.9. The second-order valence-electron chi connectivity index (χ2n) is 6.85. The molecule has 0 aliphatic rings. The zero-order valence-electron chi connectivity index (χ0n) is 15.1. The smallest absolute Gasteiger partial charge is 0.306 e. The average molecular weight is 379 g/mol. The molecular weight excluding hydrogens is 364 g/mol. The second kappa shape index (κ2) is 5.98. The van der Waals surface area contributed by atoms with Crippen molar-refractivity contribution in [2.24, 2.45) is 0 Å². The Morgan fingerprint density at radius 3 is 2.68 bits per heavy atom. The molecule has 0 N–H and O–H groups in total. The van der Waals surface area contributed by atoms with Crippen LogP contribution in [0.4, 0.5) is 8.78 Å². The molecule has 140 valence electrons. The molecule has 0 fully saturated rings. The minimum atomic E-state index is -0.685. The fourth-order valence-electron chi connectivity index (χ4n) is 3.37. The highest BCUT2D eigenvalue weighted by Gasteiger charge is 2.21. The van der Waals surface area contributed by atoms with Crippen molar-refractivity contribution < 1.29 is 13.2 Å². The molecule has 0 bridgehead atoms. The van der Waals surface area contributed by atoms with E-state index in [9.17, 15) is 8.78 Å². The van der Waals surface area contributed by atoms with E-state index in [1.165, 1.54) is 18.4 Å². The van der Waals surface area contributed by atoms with E-state index in [0.29, 0.717) is 17.2 Å². The Bertz CT molecular complexity index is 1330. The van der Waals surface area contributed by atoms with Gasteiger partial charge in [0.2, 0.25) is 0 Å². The van der Waals surface area contributed by atoms with E-state index >= 15 is 0 Å². The lowest BCUT2D eigenvalue weighted by Gasteiger charge is -2.08. The fourth-order valence-corrected chi connectivity index (χ4v) is 3.37. The maximum absolute atomic E-state index is 14.5. The third-order valence-electron chi connectivity index (χ3n) is 4.67. The van der Waals surface area contributed by atoms with Gasteiger partial charge < -0.3 is 4.42 Å². The summed E-state index contributed by atoms with van der Waals surface area (Å²) in [5.41, 5.74) is 2.70. The van der Waals surface area contributed by atoms with Gasteiger partial charge in [0.15, 0.2) is 5.65 Å². The molecule has 5 rings (SSSR count). The lowest BCUT2D eigenvalue weighted by Crippen LogP contribution is -1.98. The number of oxazole rings is 1. The highest BCUT2D eigenvalue weighted by Crippen LogP contribution is 2.35. The minimum Gasteiger partial charge on any atom is -0.432 e. The number of aromatic nitrogens is 5. The Kier molecular flexibility index (Phi) is 3.55. The highest BCUT2D eigenvalue weighted by molar-refractivity contribution is 5.81. The summed E-state index contributed by atoms with van der Waals surface area (Å²) in [5.74, 6) is -0.00643. The largest absolute Gasteiger partial charge is 0.432 e. The van der Waals surface area contributed by atoms with Crippen LogP contribution >= 0.6 is 0 Å². The lowest BCUT2D eigenvalue weighted by atomic mass is 10.1. The van der Waals surface area contributed by atoms with E-state index in [4.69, 9.17) is 4.42 Å². The van der Waals surface area contributed by atoms with Gasteiger partial charge in [-0.1, -0.05) is 13.8 Å². The van der Waals surface area contributed by atoms with Gasteiger partial charge in [0.1, 0.15) is 29.4 Å². The van der Waals surface area contributed by atoms with Crippen LogP contribution in [0.1, 0.15) is 25.6 Å². The number of hydrogen-bond donors (Lipinski definition) is 0. The summed E-state index contributed by atoms with van der Waals surface area (Å²) in [7, 11) is 0. The van der Waals surface area contributed by atoms with Crippen LogP contribution in [0.15, 0.2) is 53.4 Å². The molecule has 5 aromatic rings. The molecular formula is C20H15F2N5O. The van der Waals surface area contributed by atoms with E-state index < -0.39 is 11.6 Å². The molecule has 0 unspecified atom stereocenters. The van der Waals surface area contributed by atoms with Crippen molar-refractivity contribution in [3.8, 4) is 22.5 Å². The fraction of sp³-hybridized carbons (Fsp3) is 0.150. The van der Waals surface area contributed by atoms with Crippen LogP contribution in [0.25, 0.3) is 34.0 Å². The Morgan fingerprint density at radius 2 is 1.89 bits per heavy atom. The first-order valence-corrected chi connectivity index (χ1v) is 8.79. The van der Waals surface area contributed by atoms with Crippen molar-refractivity contribution in [1.29, 1.82) is 0 Å². The molecule has 6 nitrogen and oxygen atoms in total. The van der Waals surface area contributed by atoms with Gasteiger partial charge in [0.25, 0.3) is 0 Å². The van der Waals surface area contributed by atoms with Crippen molar-refractivity contribution in [3.63, 3.8) is 0 Å². The van der Waals surface area contributed by atoms with Crippen LogP contribution in [0.2, 0.25) is 0 Å². The number of rotatable bonds is 3. The molecule has 0 saturated carbocycles. The van der Waals surface area contributed by atoms with Crippen molar-refractivity contribution in [2.45, 2.75) is 19.8 Å². The molecule has 28 heavy (non-hydrogen) atoms. The first-order valence-electron chi connectivity index (χ1n) is 8.79. The summed E-state index contributed by atoms with van der Waals surface area (Å²) in [5, 5.41) is 8.43. The molecule has 8 heteroatoms. The molecule has 0 aliphatic carbocycles. The van der Waals surface area contributed by atoms with Crippen LogP contribution in [0, 0.1) is 11.6 Å². The number of imidazole rings is 1. The van der Waals surface area contributed by atoms with Gasteiger partial charge in [-0.25, -0.2) is 8.78 Å². The summed E-state index contributed by atoms with van der Waals surface area (Å²) in [6, 6.07) is 7.16. The average Bonchev–Trinajstić information content (AvgIpc) is 3.34. The van der Waals surface area contributed by atoms with E-state index in [-0.39, 0.29) is 11.5 Å². The Labute approximate surface area is 158 Å². The molecule has 0 radical (unpaired) electrons. The van der Waals surface area contributed by atoms with Gasteiger partial charge in [-0.2, -0.15) is 4.98 Å². The number of pyridine rings is 1. The maximum atomic E-state index is 14.5. The SMILES string of the molecule is CC(C)c1nnc2ccc(-c3c(-c4ccc(F)cc4F)nc4occn34)cn12. The van der Waals surface area contributed by atoms with Crippen molar-refractivity contribution in [2.75, 3.05) is 0 Å². The van der Waals surface area contributed by atoms with Crippen LogP contribution < -0.4 is 0 Å². The van der Waals surface area contributed by atoms with Gasteiger partial charge >= 0.3 is 5.84 Å². The summed E-state index contributed by atoms with van der Waals surface area (Å²) >= 11 is 0. The number of fused-ring (bicyclic) bond motifs is 2. The molecule has 4 heterocycles. The third kappa shape index (κ3) is 2.41. The quantitative estimate of drug-likeness (QED) is 0.456. The summed E-state index contributed by atoms with van der Waals surface area (Å²) in [4.78, 5) is 4.43. The van der Waals surface area contributed by atoms with Gasteiger partial charge in [-0.15, -0.1) is 10.2 Å². The molecule has 0 saturated heterocycles. The van der Waals surface area contributed by atoms with Gasteiger partial charge in [-0.3, -0.25) is 8.80 Å². The van der Waals surface area contributed by atoms with Gasteiger partial charge in [-0.05, 0) is 24.3 Å². The number of halogens is 2. The number of hydrogen-bond acceptors (Lipinski definition) is 4. The van der Waals surface area contributed by atoms with Gasteiger partial charge in [0.05, 0.1) is 5.69 Å². The van der Waals surface area contributed by atoms with Crippen molar-refractivity contribution in [3.05, 3.63) is 66.4 Å². The lowest BCUT2D eigenvalue weighted by molar-refractivity contribution is 0.585. The zero-order valence-corrected chi connectivity index (χ0v) is 15.1. The van der Waals surface area contributed by atoms with E-state index in [1.54, 1.807) is 10.6 Å². The Balaban J connectivity index is 1.80. The van der Waals surface area contributed by atoms with Gasteiger partial charge in [0, 0.05) is 35.5 Å². The van der Waals surface area contributed by atoms with Crippen LogP contribution in [-0.2, 0) is 0 Å². The Morgan fingerprint density at radius 1 is 1.04 bits per heavy atom. The molecule has 0 amide bonds. The monoisotopic (exact) mass is 379 g/mol. The zero-order chi connectivity index (χ0) is 19.4. The molecule has 0 atom stereocenters. The topological polar surface area (TPSA) is 60.6 Å². The third-order valence-corrected chi connectivity index (χ3v) is 4.67. The minimum absolute atomic E-state index is 0.179. The van der Waals surface area contributed by atoms with E-state index in [0.717, 1.165) is 23.1 Å². The predicted molar refractivity (Wildman–Crippen MR) is 98.9 cm³/mol. The Hall–Kier alpha value is -3.55. The first-order chi connectivity index (χ1) is 13.5. The second-order valence-corrected chi connectivity index (χ2v) is 6.85. The molecule has 1 aromatic carbocycles. The van der Waals surface area contributed by atoms with E-state index in [2.05, 4.69) is 15.2 Å². The first kappa shape index (κ1) is 16.6. The van der Waals surface area contributed by atoms with Crippen LogP contribution in [-0.4, -0.2) is 24.0 Å². The molecule has 4 aromatic heterocycles. The number of nitrogens with zero attached hydrogens (tertiary/aromatic N) is 5. The maximum Gasteiger partial charge on any atom is 0.306 e. The summed E-state index contributed by atoms with van der Waals surface area (Å²) in [6.45, 7) is 4.07. The predicted octanol–water partition coefficient (Wildman–Crippen LogP) is 4.71. The molecule has 0 aliphatic heterocycles. The van der Waals surface area contributed by atoms with Crippen molar-refractivity contribution >= 4 is 11.5 Å².